The average Bonchev–Trinajstić information content (AvgIpc) is 2.37. The van der Waals surface area contributed by atoms with Gasteiger partial charge in [0.15, 0.2) is 14.6 Å². The zero-order valence-electron chi connectivity index (χ0n) is 14.1. The Kier molecular flexibility index (Phi) is 6.81. The maximum atomic E-state index is 9.89. The van der Waals surface area contributed by atoms with Crippen molar-refractivity contribution in [3.63, 3.8) is 0 Å². The van der Waals surface area contributed by atoms with E-state index >= 15 is 0 Å². The van der Waals surface area contributed by atoms with Crippen LogP contribution in [0.25, 0.3) is 0 Å². The van der Waals surface area contributed by atoms with Gasteiger partial charge in [-0.25, -0.2) is 0 Å². The number of hydrogen-bond donors (Lipinski definition) is 1. The monoisotopic (exact) mass is 314 g/mol. The first-order valence-corrected chi connectivity index (χ1v) is 10.5. The van der Waals surface area contributed by atoms with Crippen LogP contribution in [0, 0.1) is 0 Å². The topological polar surface area (TPSA) is 47.9 Å². The Hall–Kier alpha value is -0.463. The predicted molar refractivity (Wildman–Crippen MR) is 87.7 cm³/mol. The number of aliphatic hydroxyl groups is 1. The third-order valence-corrected chi connectivity index (χ3v) is 8.60. The van der Waals surface area contributed by atoms with Crippen molar-refractivity contribution in [1.82, 2.24) is 0 Å². The standard InChI is InChI=1S/C16H30O4Si/c1-7-18-15-11-10-13(17)14(20-15)9-8-12-19-21(5,6)16(2,3)4/h8-11,13-15,17H,7,12H2,1-6H3/b9-8+/t13-,14+,15-/m0/s1. The SMILES string of the molecule is CCO[C@@H]1C=C[C@H](O)[C@@H](/C=C/CO[Si](C)(C)C(C)(C)C)O1. The van der Waals surface area contributed by atoms with Gasteiger partial charge in [0.25, 0.3) is 0 Å². The van der Waals surface area contributed by atoms with Crippen molar-refractivity contribution in [3.05, 3.63) is 24.3 Å². The Morgan fingerprint density at radius 3 is 2.52 bits per heavy atom. The number of aliphatic hydroxyl groups excluding tert-OH is 1. The second-order valence-electron chi connectivity index (χ2n) is 6.80. The molecule has 5 heteroatoms. The summed E-state index contributed by atoms with van der Waals surface area (Å²) in [7, 11) is -1.73. The van der Waals surface area contributed by atoms with Gasteiger partial charge >= 0.3 is 0 Å². The Bertz CT molecular complexity index is 371. The van der Waals surface area contributed by atoms with Crippen molar-refractivity contribution in [2.75, 3.05) is 13.2 Å². The first kappa shape index (κ1) is 18.6. The summed E-state index contributed by atoms with van der Waals surface area (Å²) in [5.41, 5.74) is 0. The van der Waals surface area contributed by atoms with Crippen molar-refractivity contribution in [3.8, 4) is 0 Å². The molecule has 0 amide bonds. The van der Waals surface area contributed by atoms with Crippen LogP contribution in [-0.2, 0) is 13.9 Å². The molecule has 0 aromatic rings. The lowest BCUT2D eigenvalue weighted by Crippen LogP contribution is -2.40. The second kappa shape index (κ2) is 7.69. The molecule has 0 aromatic heterocycles. The van der Waals surface area contributed by atoms with Crippen molar-refractivity contribution in [1.29, 1.82) is 0 Å². The second-order valence-corrected chi connectivity index (χ2v) is 11.6. The largest absolute Gasteiger partial charge is 0.413 e. The van der Waals surface area contributed by atoms with E-state index in [4.69, 9.17) is 13.9 Å². The lowest BCUT2D eigenvalue weighted by molar-refractivity contribution is -0.154. The molecule has 0 unspecified atom stereocenters. The van der Waals surface area contributed by atoms with Gasteiger partial charge in [-0.3, -0.25) is 0 Å². The minimum absolute atomic E-state index is 0.199. The van der Waals surface area contributed by atoms with Crippen LogP contribution < -0.4 is 0 Å². The molecule has 3 atom stereocenters. The lowest BCUT2D eigenvalue weighted by Gasteiger charge is -2.35. The third kappa shape index (κ3) is 5.68. The van der Waals surface area contributed by atoms with E-state index in [2.05, 4.69) is 33.9 Å². The van der Waals surface area contributed by atoms with E-state index in [1.165, 1.54) is 0 Å². The van der Waals surface area contributed by atoms with Crippen molar-refractivity contribution in [2.45, 2.75) is 64.3 Å². The summed E-state index contributed by atoms with van der Waals surface area (Å²) in [4.78, 5) is 0. The molecule has 122 valence electrons. The molecule has 1 N–H and O–H groups in total. The molecule has 0 fully saturated rings. The fourth-order valence-corrected chi connectivity index (χ4v) is 2.62. The minimum atomic E-state index is -1.73. The first-order chi connectivity index (χ1) is 9.67. The van der Waals surface area contributed by atoms with Gasteiger partial charge in [0, 0.05) is 6.61 Å². The Balaban J connectivity index is 2.48. The summed E-state index contributed by atoms with van der Waals surface area (Å²) in [6, 6.07) is 0. The molecular formula is C16H30O4Si. The fraction of sp³-hybridized carbons (Fsp3) is 0.750. The van der Waals surface area contributed by atoms with Gasteiger partial charge < -0.3 is 19.0 Å². The van der Waals surface area contributed by atoms with E-state index in [1.807, 2.05) is 19.1 Å². The summed E-state index contributed by atoms with van der Waals surface area (Å²) < 4.78 is 17.1. The molecule has 0 aliphatic carbocycles. The Morgan fingerprint density at radius 2 is 1.95 bits per heavy atom. The molecule has 0 radical (unpaired) electrons. The molecule has 4 nitrogen and oxygen atoms in total. The molecule has 0 aromatic carbocycles. The highest BCUT2D eigenvalue weighted by atomic mass is 28.4. The van der Waals surface area contributed by atoms with Crippen LogP contribution in [0.4, 0.5) is 0 Å². The summed E-state index contributed by atoms with van der Waals surface area (Å²) in [6.45, 7) is 14.1. The quantitative estimate of drug-likeness (QED) is 0.604. The number of hydrogen-bond acceptors (Lipinski definition) is 4. The van der Waals surface area contributed by atoms with Crippen molar-refractivity contribution < 1.29 is 19.0 Å². The molecule has 21 heavy (non-hydrogen) atoms. The molecule has 0 bridgehead atoms. The van der Waals surface area contributed by atoms with Gasteiger partial charge in [0.05, 0.1) is 6.61 Å². The lowest BCUT2D eigenvalue weighted by atomic mass is 10.1. The maximum Gasteiger partial charge on any atom is 0.192 e. The van der Waals surface area contributed by atoms with E-state index < -0.39 is 14.4 Å². The molecule has 1 aliphatic heterocycles. The minimum Gasteiger partial charge on any atom is -0.413 e. The van der Waals surface area contributed by atoms with E-state index in [0.29, 0.717) is 13.2 Å². The van der Waals surface area contributed by atoms with Crippen LogP contribution in [0.15, 0.2) is 24.3 Å². The van der Waals surface area contributed by atoms with Crippen LogP contribution in [0.2, 0.25) is 18.1 Å². The summed E-state index contributed by atoms with van der Waals surface area (Å²) in [6.07, 6.45) is 5.84. The summed E-state index contributed by atoms with van der Waals surface area (Å²) in [5, 5.41) is 10.1. The highest BCUT2D eigenvalue weighted by Crippen LogP contribution is 2.36. The van der Waals surface area contributed by atoms with Gasteiger partial charge in [-0.1, -0.05) is 39.0 Å². The highest BCUT2D eigenvalue weighted by Gasteiger charge is 2.36. The van der Waals surface area contributed by atoms with Crippen LogP contribution in [0.5, 0.6) is 0 Å². The third-order valence-electron chi connectivity index (χ3n) is 4.10. The molecule has 1 aliphatic rings. The molecule has 1 rings (SSSR count). The predicted octanol–water partition coefficient (Wildman–Crippen LogP) is 3.24. The molecule has 0 saturated carbocycles. The van der Waals surface area contributed by atoms with Gasteiger partial charge in [-0.15, -0.1) is 0 Å². The summed E-state index contributed by atoms with van der Waals surface area (Å²) in [5.74, 6) is 0. The molecule has 0 saturated heterocycles. The van der Waals surface area contributed by atoms with E-state index in [0.717, 1.165) is 0 Å². The summed E-state index contributed by atoms with van der Waals surface area (Å²) >= 11 is 0. The highest BCUT2D eigenvalue weighted by molar-refractivity contribution is 6.74. The van der Waals surface area contributed by atoms with Gasteiger partial charge in [-0.2, -0.15) is 0 Å². The van der Waals surface area contributed by atoms with Gasteiger partial charge in [0.1, 0.15) is 12.2 Å². The van der Waals surface area contributed by atoms with Crippen molar-refractivity contribution in [2.24, 2.45) is 0 Å². The van der Waals surface area contributed by atoms with Crippen LogP contribution in [-0.4, -0.2) is 45.1 Å². The molecular weight excluding hydrogens is 284 g/mol. The van der Waals surface area contributed by atoms with Crippen LogP contribution in [0.3, 0.4) is 0 Å². The smallest absolute Gasteiger partial charge is 0.192 e. The maximum absolute atomic E-state index is 9.89. The van der Waals surface area contributed by atoms with Crippen LogP contribution in [0.1, 0.15) is 27.7 Å². The zero-order valence-corrected chi connectivity index (χ0v) is 15.1. The number of rotatable bonds is 6. The fourth-order valence-electron chi connectivity index (χ4n) is 1.68. The van der Waals surface area contributed by atoms with Crippen molar-refractivity contribution >= 4 is 8.32 Å². The van der Waals surface area contributed by atoms with E-state index in [9.17, 15) is 5.11 Å². The van der Waals surface area contributed by atoms with Crippen LogP contribution >= 0.6 is 0 Å². The Morgan fingerprint density at radius 1 is 1.29 bits per heavy atom. The average molecular weight is 314 g/mol. The Labute approximate surface area is 129 Å². The normalized spacial score (nSPS) is 27.5. The van der Waals surface area contributed by atoms with E-state index in [1.54, 1.807) is 12.2 Å². The molecule has 1 heterocycles. The molecule has 0 spiro atoms. The first-order valence-electron chi connectivity index (χ1n) is 7.61. The van der Waals surface area contributed by atoms with E-state index in [-0.39, 0.29) is 17.4 Å². The van der Waals surface area contributed by atoms with Gasteiger partial charge in [0.2, 0.25) is 0 Å². The number of ether oxygens (including phenoxy) is 2. The van der Waals surface area contributed by atoms with Gasteiger partial charge in [-0.05, 0) is 31.1 Å². The zero-order chi connectivity index (χ0) is 16.1.